The van der Waals surface area contributed by atoms with Crippen molar-refractivity contribution in [2.24, 2.45) is 0 Å². The van der Waals surface area contributed by atoms with Crippen molar-refractivity contribution in [3.63, 3.8) is 0 Å². The molecule has 0 fully saturated rings. The highest BCUT2D eigenvalue weighted by molar-refractivity contribution is 5.43. The highest BCUT2D eigenvalue weighted by Gasteiger charge is 2.15. The molecule has 1 aromatic heterocycles. The normalized spacial score (nSPS) is 10.6. The van der Waals surface area contributed by atoms with E-state index in [1.165, 1.54) is 16.9 Å². The summed E-state index contributed by atoms with van der Waals surface area (Å²) in [4.78, 5) is 9.80. The molecule has 7 nitrogen and oxygen atoms in total. The number of aromatic nitrogens is 3. The lowest BCUT2D eigenvalue weighted by Crippen LogP contribution is -1.99. The maximum absolute atomic E-state index is 13.1. The minimum absolute atomic E-state index is 0.0672. The second-order valence-corrected chi connectivity index (χ2v) is 3.52. The number of aliphatic hydroxyl groups excluding tert-OH is 1. The molecular weight excluding hydrogens is 243 g/mol. The zero-order valence-corrected chi connectivity index (χ0v) is 9.15. The van der Waals surface area contributed by atoms with Gasteiger partial charge in [0.2, 0.25) is 5.82 Å². The number of nitro benzene ring substituents is 1. The molecule has 0 aliphatic rings. The van der Waals surface area contributed by atoms with Crippen LogP contribution in [0, 0.1) is 15.9 Å². The van der Waals surface area contributed by atoms with Crippen LogP contribution < -0.4 is 0 Å². The van der Waals surface area contributed by atoms with Gasteiger partial charge in [0.15, 0.2) is 0 Å². The van der Waals surface area contributed by atoms with Crippen molar-refractivity contribution >= 4 is 5.69 Å². The van der Waals surface area contributed by atoms with Crippen molar-refractivity contribution in [3.8, 4) is 5.69 Å². The van der Waals surface area contributed by atoms with E-state index in [1.54, 1.807) is 0 Å². The molecule has 0 aliphatic heterocycles. The van der Waals surface area contributed by atoms with E-state index in [0.29, 0.717) is 17.8 Å². The largest absolute Gasteiger partial charge is 0.396 e. The summed E-state index contributed by atoms with van der Waals surface area (Å²) >= 11 is 0. The topological polar surface area (TPSA) is 94.1 Å². The monoisotopic (exact) mass is 252 g/mol. The third-order valence-electron chi connectivity index (χ3n) is 2.30. The van der Waals surface area contributed by atoms with Gasteiger partial charge in [0.1, 0.15) is 0 Å². The third kappa shape index (κ3) is 2.33. The van der Waals surface area contributed by atoms with Crippen LogP contribution in [0.15, 0.2) is 24.4 Å². The van der Waals surface area contributed by atoms with Crippen LogP contribution in [0.4, 0.5) is 10.1 Å². The van der Waals surface area contributed by atoms with Crippen molar-refractivity contribution in [3.05, 3.63) is 46.0 Å². The predicted octanol–water partition coefficient (Wildman–Crippen LogP) is 0.849. The first-order chi connectivity index (χ1) is 8.61. The number of nitrogens with zero attached hydrogens (tertiary/aromatic N) is 4. The fraction of sp³-hybridized carbons (Fsp3) is 0.200. The van der Waals surface area contributed by atoms with Crippen molar-refractivity contribution in [1.82, 2.24) is 15.0 Å². The Hall–Kier alpha value is -2.35. The Morgan fingerprint density at radius 3 is 2.94 bits per heavy atom. The van der Waals surface area contributed by atoms with Gasteiger partial charge in [-0.05, 0) is 12.1 Å². The van der Waals surface area contributed by atoms with Crippen molar-refractivity contribution in [1.29, 1.82) is 0 Å². The molecule has 2 aromatic rings. The Morgan fingerprint density at radius 2 is 2.28 bits per heavy atom. The second kappa shape index (κ2) is 4.88. The average Bonchev–Trinajstić information content (AvgIpc) is 2.78. The van der Waals surface area contributed by atoms with E-state index in [1.807, 2.05) is 0 Å². The maximum Gasteiger partial charge on any atom is 0.306 e. The smallest absolute Gasteiger partial charge is 0.306 e. The molecule has 0 radical (unpaired) electrons. The Bertz CT molecular complexity index is 584. The number of benzene rings is 1. The van der Waals surface area contributed by atoms with Crippen LogP contribution in [-0.2, 0) is 6.42 Å². The first-order valence-corrected chi connectivity index (χ1v) is 5.08. The summed E-state index contributed by atoms with van der Waals surface area (Å²) in [6, 6.07) is 3.44. The summed E-state index contributed by atoms with van der Waals surface area (Å²) < 4.78 is 14.4. The van der Waals surface area contributed by atoms with E-state index in [0.717, 1.165) is 12.1 Å². The van der Waals surface area contributed by atoms with Crippen molar-refractivity contribution in [2.45, 2.75) is 6.42 Å². The standard InChI is InChI=1S/C10H9FN4O3/c11-9-2-1-8(5-10(9)15(17)18)14-6-7(3-4-16)12-13-14/h1-2,5-6,16H,3-4H2. The lowest BCUT2D eigenvalue weighted by molar-refractivity contribution is -0.387. The van der Waals surface area contributed by atoms with Gasteiger partial charge >= 0.3 is 5.69 Å². The molecule has 18 heavy (non-hydrogen) atoms. The van der Waals surface area contributed by atoms with Gasteiger partial charge in [0, 0.05) is 19.1 Å². The van der Waals surface area contributed by atoms with Crippen molar-refractivity contribution in [2.75, 3.05) is 6.61 Å². The number of halogens is 1. The molecule has 1 heterocycles. The fourth-order valence-corrected chi connectivity index (χ4v) is 1.44. The van der Waals surface area contributed by atoms with Crippen LogP contribution in [0.3, 0.4) is 0 Å². The molecule has 0 bridgehead atoms. The molecule has 0 unspecified atom stereocenters. The minimum Gasteiger partial charge on any atom is -0.396 e. The molecule has 0 spiro atoms. The van der Waals surface area contributed by atoms with E-state index < -0.39 is 16.4 Å². The summed E-state index contributed by atoms with van der Waals surface area (Å²) in [6.45, 7) is -0.0672. The average molecular weight is 252 g/mol. The molecule has 94 valence electrons. The van der Waals surface area contributed by atoms with E-state index in [9.17, 15) is 14.5 Å². The number of hydrogen-bond donors (Lipinski definition) is 1. The summed E-state index contributed by atoms with van der Waals surface area (Å²) in [6.07, 6.45) is 1.86. The van der Waals surface area contributed by atoms with E-state index in [4.69, 9.17) is 5.11 Å². The lowest BCUT2D eigenvalue weighted by Gasteiger charge is -2.00. The summed E-state index contributed by atoms with van der Waals surface area (Å²) in [7, 11) is 0. The Labute approximate surface area is 101 Å². The Balaban J connectivity index is 2.38. The quantitative estimate of drug-likeness (QED) is 0.643. The molecule has 0 saturated carbocycles. The number of aliphatic hydroxyl groups is 1. The Kier molecular flexibility index (Phi) is 3.28. The number of nitro groups is 1. The summed E-state index contributed by atoms with van der Waals surface area (Å²) in [5.41, 5.74) is 0.260. The molecule has 0 saturated heterocycles. The van der Waals surface area contributed by atoms with Crippen LogP contribution in [0.2, 0.25) is 0 Å². The zero-order valence-electron chi connectivity index (χ0n) is 9.15. The molecular formula is C10H9FN4O3. The molecule has 1 N–H and O–H groups in total. The summed E-state index contributed by atoms with van der Waals surface area (Å²) in [5.74, 6) is -0.903. The van der Waals surface area contributed by atoms with Gasteiger partial charge in [0.25, 0.3) is 0 Å². The molecule has 1 aromatic carbocycles. The number of rotatable bonds is 4. The van der Waals surface area contributed by atoms with Crippen LogP contribution in [-0.4, -0.2) is 31.6 Å². The molecule has 0 atom stereocenters. The van der Waals surface area contributed by atoms with E-state index >= 15 is 0 Å². The SMILES string of the molecule is O=[N+]([O-])c1cc(-n2cc(CCO)nn2)ccc1F. The van der Waals surface area contributed by atoms with Crippen LogP contribution in [0.1, 0.15) is 5.69 Å². The van der Waals surface area contributed by atoms with Crippen LogP contribution in [0.25, 0.3) is 5.69 Å². The minimum atomic E-state index is -0.903. The first-order valence-electron chi connectivity index (χ1n) is 5.08. The van der Waals surface area contributed by atoms with Gasteiger partial charge in [-0.3, -0.25) is 10.1 Å². The van der Waals surface area contributed by atoms with Gasteiger partial charge in [0.05, 0.1) is 22.5 Å². The first kappa shape index (κ1) is 12.1. The highest BCUT2D eigenvalue weighted by Crippen LogP contribution is 2.20. The van der Waals surface area contributed by atoms with Gasteiger partial charge in [-0.25, -0.2) is 4.68 Å². The van der Waals surface area contributed by atoms with Crippen LogP contribution >= 0.6 is 0 Å². The van der Waals surface area contributed by atoms with Gasteiger partial charge < -0.3 is 5.11 Å². The second-order valence-electron chi connectivity index (χ2n) is 3.52. The van der Waals surface area contributed by atoms with E-state index in [-0.39, 0.29) is 6.61 Å². The maximum atomic E-state index is 13.1. The van der Waals surface area contributed by atoms with Crippen LogP contribution in [0.5, 0.6) is 0 Å². The molecule has 8 heteroatoms. The highest BCUT2D eigenvalue weighted by atomic mass is 19.1. The van der Waals surface area contributed by atoms with Crippen molar-refractivity contribution < 1.29 is 14.4 Å². The molecule has 2 rings (SSSR count). The van der Waals surface area contributed by atoms with E-state index in [2.05, 4.69) is 10.3 Å². The summed E-state index contributed by atoms with van der Waals surface area (Å²) in [5, 5.41) is 26.9. The third-order valence-corrected chi connectivity index (χ3v) is 2.30. The Morgan fingerprint density at radius 1 is 1.50 bits per heavy atom. The fourth-order valence-electron chi connectivity index (χ4n) is 1.44. The number of hydrogen-bond acceptors (Lipinski definition) is 5. The van der Waals surface area contributed by atoms with Gasteiger partial charge in [-0.15, -0.1) is 5.10 Å². The zero-order chi connectivity index (χ0) is 13.1. The van der Waals surface area contributed by atoms with Gasteiger partial charge in [-0.1, -0.05) is 5.21 Å². The lowest BCUT2D eigenvalue weighted by atomic mass is 10.2. The molecule has 0 amide bonds. The molecule has 0 aliphatic carbocycles. The van der Waals surface area contributed by atoms with Gasteiger partial charge in [-0.2, -0.15) is 4.39 Å². The predicted molar refractivity (Wildman–Crippen MR) is 58.8 cm³/mol.